The molecule has 0 aromatic rings. The molecule has 0 aromatic heterocycles. The van der Waals surface area contributed by atoms with Crippen LogP contribution in [0.4, 0.5) is 0 Å². The van der Waals surface area contributed by atoms with Gasteiger partial charge >= 0.3 is 0 Å². The number of amides is 1. The average molecular weight is 287 g/mol. The van der Waals surface area contributed by atoms with Crippen molar-refractivity contribution in [2.75, 3.05) is 13.1 Å². The zero-order chi connectivity index (χ0) is 12.4. The van der Waals surface area contributed by atoms with Crippen LogP contribution in [0.3, 0.4) is 0 Å². The molecule has 2 bridgehead atoms. The second-order valence-electron chi connectivity index (χ2n) is 6.52. The number of hydrogen-bond donors (Lipinski definition) is 2. The van der Waals surface area contributed by atoms with Crippen molar-refractivity contribution >= 4 is 18.3 Å². The molecule has 4 atom stereocenters. The van der Waals surface area contributed by atoms with Crippen LogP contribution in [0.15, 0.2) is 0 Å². The van der Waals surface area contributed by atoms with E-state index in [4.69, 9.17) is 0 Å². The first-order valence-electron chi connectivity index (χ1n) is 7.84. The van der Waals surface area contributed by atoms with Gasteiger partial charge in [0.25, 0.3) is 0 Å². The first-order chi connectivity index (χ1) is 8.83. The quantitative estimate of drug-likeness (QED) is 0.834. The summed E-state index contributed by atoms with van der Waals surface area (Å²) in [5.41, 5.74) is 0. The second-order valence-corrected chi connectivity index (χ2v) is 6.52. The minimum Gasteiger partial charge on any atom is -0.355 e. The molecule has 19 heavy (non-hydrogen) atoms. The van der Waals surface area contributed by atoms with Gasteiger partial charge in [-0.2, -0.15) is 0 Å². The van der Waals surface area contributed by atoms with Gasteiger partial charge in [0.15, 0.2) is 0 Å². The summed E-state index contributed by atoms with van der Waals surface area (Å²) in [5, 5.41) is 6.45. The summed E-state index contributed by atoms with van der Waals surface area (Å²) >= 11 is 0. The minimum absolute atomic E-state index is 0. The number of carbonyl (C=O) groups excluding carboxylic acids is 1. The third-order valence-electron chi connectivity index (χ3n) is 5.33. The Kier molecular flexibility index (Phi) is 5.52. The Hall–Kier alpha value is -0.280. The van der Waals surface area contributed by atoms with Crippen molar-refractivity contribution in [3.63, 3.8) is 0 Å². The van der Waals surface area contributed by atoms with E-state index in [1.54, 1.807) is 0 Å². The third kappa shape index (κ3) is 3.63. The molecule has 3 nitrogen and oxygen atoms in total. The molecule has 0 radical (unpaired) electrons. The molecule has 3 aliphatic rings. The maximum Gasteiger partial charge on any atom is 0.237 e. The van der Waals surface area contributed by atoms with Crippen molar-refractivity contribution < 1.29 is 4.79 Å². The number of nitrogens with one attached hydrogen (secondary N) is 2. The van der Waals surface area contributed by atoms with Crippen LogP contribution in [0.1, 0.15) is 51.4 Å². The number of rotatable bonds is 4. The van der Waals surface area contributed by atoms with Crippen LogP contribution in [0.5, 0.6) is 0 Å². The fourth-order valence-corrected chi connectivity index (χ4v) is 4.31. The van der Waals surface area contributed by atoms with Gasteiger partial charge in [-0.15, -0.1) is 12.4 Å². The molecule has 2 N–H and O–H groups in total. The topological polar surface area (TPSA) is 41.1 Å². The van der Waals surface area contributed by atoms with E-state index in [-0.39, 0.29) is 24.4 Å². The van der Waals surface area contributed by atoms with Gasteiger partial charge in [-0.1, -0.05) is 12.8 Å². The summed E-state index contributed by atoms with van der Waals surface area (Å²) in [4.78, 5) is 12.0. The monoisotopic (exact) mass is 286 g/mol. The predicted octanol–water partition coefficient (Wildman–Crippen LogP) is 2.49. The standard InChI is InChI=1S/C15H26N2O.ClH/c18-15(14-3-1-2-7-16-14)17-8-6-13-10-11-4-5-12(13)9-11;/h11-14,16H,1-10H2,(H,17,18);1H. The number of carbonyl (C=O) groups is 1. The lowest BCUT2D eigenvalue weighted by Gasteiger charge is -2.24. The van der Waals surface area contributed by atoms with Crippen molar-refractivity contribution in [3.05, 3.63) is 0 Å². The molecule has 1 aliphatic heterocycles. The lowest BCUT2D eigenvalue weighted by Crippen LogP contribution is -2.47. The van der Waals surface area contributed by atoms with Gasteiger partial charge in [0.05, 0.1) is 6.04 Å². The van der Waals surface area contributed by atoms with E-state index in [1.807, 2.05) is 0 Å². The van der Waals surface area contributed by atoms with Crippen LogP contribution in [-0.4, -0.2) is 25.0 Å². The second kappa shape index (κ2) is 6.94. The smallest absolute Gasteiger partial charge is 0.237 e. The van der Waals surface area contributed by atoms with Gasteiger partial charge in [-0.25, -0.2) is 0 Å². The summed E-state index contributed by atoms with van der Waals surface area (Å²) in [6, 6.07) is 0.0822. The number of halogens is 1. The fraction of sp³-hybridized carbons (Fsp3) is 0.933. The Balaban J connectivity index is 0.00000133. The van der Waals surface area contributed by atoms with Crippen molar-refractivity contribution in [1.82, 2.24) is 10.6 Å². The molecule has 1 saturated heterocycles. The van der Waals surface area contributed by atoms with Crippen LogP contribution in [0.2, 0.25) is 0 Å². The highest BCUT2D eigenvalue weighted by molar-refractivity contribution is 5.85. The molecule has 2 aliphatic carbocycles. The molecule has 0 spiro atoms. The Labute approximate surface area is 122 Å². The summed E-state index contributed by atoms with van der Waals surface area (Å²) in [7, 11) is 0. The van der Waals surface area contributed by atoms with E-state index in [9.17, 15) is 4.79 Å². The highest BCUT2D eigenvalue weighted by Gasteiger charge is 2.38. The Morgan fingerprint density at radius 1 is 1.16 bits per heavy atom. The van der Waals surface area contributed by atoms with Crippen LogP contribution >= 0.6 is 12.4 Å². The summed E-state index contributed by atoms with van der Waals surface area (Å²) in [6.45, 7) is 1.90. The summed E-state index contributed by atoms with van der Waals surface area (Å²) in [5.74, 6) is 3.15. The largest absolute Gasteiger partial charge is 0.355 e. The molecule has 110 valence electrons. The van der Waals surface area contributed by atoms with Crippen LogP contribution < -0.4 is 10.6 Å². The summed E-state index contributed by atoms with van der Waals surface area (Å²) < 4.78 is 0. The van der Waals surface area contributed by atoms with E-state index in [0.29, 0.717) is 0 Å². The molecule has 0 aromatic carbocycles. The van der Waals surface area contributed by atoms with Gasteiger partial charge in [-0.3, -0.25) is 4.79 Å². The van der Waals surface area contributed by atoms with E-state index < -0.39 is 0 Å². The Morgan fingerprint density at radius 2 is 2.05 bits per heavy atom. The lowest BCUT2D eigenvalue weighted by atomic mass is 9.86. The number of fused-ring (bicyclic) bond motifs is 2. The van der Waals surface area contributed by atoms with E-state index in [1.165, 1.54) is 44.9 Å². The molecule has 3 rings (SSSR count). The normalized spacial score (nSPS) is 36.8. The zero-order valence-electron chi connectivity index (χ0n) is 11.7. The molecule has 4 heteroatoms. The third-order valence-corrected chi connectivity index (χ3v) is 5.33. The van der Waals surface area contributed by atoms with E-state index >= 15 is 0 Å². The van der Waals surface area contributed by atoms with Crippen molar-refractivity contribution in [2.24, 2.45) is 17.8 Å². The van der Waals surface area contributed by atoms with Gasteiger partial charge < -0.3 is 10.6 Å². The maximum absolute atomic E-state index is 12.0. The molecule has 2 saturated carbocycles. The van der Waals surface area contributed by atoms with Crippen molar-refractivity contribution in [2.45, 2.75) is 57.4 Å². The van der Waals surface area contributed by atoms with Crippen molar-refractivity contribution in [3.8, 4) is 0 Å². The molecule has 1 heterocycles. The number of hydrogen-bond acceptors (Lipinski definition) is 2. The van der Waals surface area contributed by atoms with Crippen molar-refractivity contribution in [1.29, 1.82) is 0 Å². The Morgan fingerprint density at radius 3 is 2.68 bits per heavy atom. The molecule has 1 amide bonds. The fourth-order valence-electron chi connectivity index (χ4n) is 4.31. The molecular weight excluding hydrogens is 260 g/mol. The van der Waals surface area contributed by atoms with Gasteiger partial charge in [-0.05, 0) is 62.8 Å². The minimum atomic E-state index is 0. The number of piperidine rings is 1. The average Bonchev–Trinajstić information content (AvgIpc) is 3.02. The Bertz CT molecular complexity index is 305. The van der Waals surface area contributed by atoms with Gasteiger partial charge in [0.1, 0.15) is 0 Å². The molecule has 4 unspecified atom stereocenters. The molecular formula is C15H27ClN2O. The first kappa shape index (κ1) is 15.1. The van der Waals surface area contributed by atoms with Gasteiger partial charge in [0.2, 0.25) is 5.91 Å². The lowest BCUT2D eigenvalue weighted by molar-refractivity contribution is -0.123. The first-order valence-corrected chi connectivity index (χ1v) is 7.84. The van der Waals surface area contributed by atoms with E-state index in [2.05, 4.69) is 10.6 Å². The van der Waals surface area contributed by atoms with Crippen LogP contribution in [0.25, 0.3) is 0 Å². The molecule has 3 fully saturated rings. The highest BCUT2D eigenvalue weighted by atomic mass is 35.5. The van der Waals surface area contributed by atoms with Crippen LogP contribution in [-0.2, 0) is 4.79 Å². The highest BCUT2D eigenvalue weighted by Crippen LogP contribution is 2.49. The SMILES string of the molecule is Cl.O=C(NCCC1CC2CCC1C2)C1CCCCN1. The zero-order valence-corrected chi connectivity index (χ0v) is 12.5. The summed E-state index contributed by atoms with van der Waals surface area (Å²) in [6.07, 6.45) is 10.5. The van der Waals surface area contributed by atoms with E-state index in [0.717, 1.165) is 37.3 Å². The maximum atomic E-state index is 12.0. The predicted molar refractivity (Wildman–Crippen MR) is 79.5 cm³/mol. The van der Waals surface area contributed by atoms with Gasteiger partial charge in [0, 0.05) is 6.54 Å². The van der Waals surface area contributed by atoms with Crippen LogP contribution in [0, 0.1) is 17.8 Å².